The lowest BCUT2D eigenvalue weighted by Crippen LogP contribution is -2.32. The Balaban J connectivity index is 3.33. The Bertz CT molecular complexity index is 473. The predicted molar refractivity (Wildman–Crippen MR) is 59.1 cm³/mol. The Morgan fingerprint density at radius 2 is 2.00 bits per heavy atom. The fraction of sp³-hybridized carbons (Fsp3) is 0.250. The highest BCUT2D eigenvalue weighted by atomic mass is 32.2. The highest BCUT2D eigenvalue weighted by Gasteiger charge is 2.21. The molecule has 0 atom stereocenters. The van der Waals surface area contributed by atoms with Crippen LogP contribution in [0, 0.1) is 0 Å². The number of rotatable bonds is 4. The van der Waals surface area contributed by atoms with Gasteiger partial charge in [0.15, 0.2) is 0 Å². The van der Waals surface area contributed by atoms with Crippen molar-refractivity contribution in [2.24, 2.45) is 0 Å². The number of benzene rings is 1. The third kappa shape index (κ3) is 2.53. The van der Waals surface area contributed by atoms with Gasteiger partial charge in [-0.25, -0.2) is 13.1 Å². The lowest BCUT2D eigenvalue weighted by atomic mass is 9.79. The first-order valence-electron chi connectivity index (χ1n) is 4.40. The lowest BCUT2D eigenvalue weighted by molar-refractivity contribution is 0.403. The SMILES string of the molecule is CNS(=O)(=O)c1ccc(OC)c(B(O)O)c1. The van der Waals surface area contributed by atoms with E-state index in [0.717, 1.165) is 6.07 Å². The summed E-state index contributed by atoms with van der Waals surface area (Å²) in [6.07, 6.45) is 0. The van der Waals surface area contributed by atoms with Gasteiger partial charge >= 0.3 is 7.12 Å². The van der Waals surface area contributed by atoms with Crippen LogP contribution in [-0.4, -0.2) is 39.7 Å². The van der Waals surface area contributed by atoms with E-state index in [1.807, 2.05) is 0 Å². The fourth-order valence-corrected chi connectivity index (χ4v) is 1.96. The maximum atomic E-state index is 11.5. The third-order valence-corrected chi connectivity index (χ3v) is 3.47. The first kappa shape index (κ1) is 13.0. The normalized spacial score (nSPS) is 11.2. The minimum Gasteiger partial charge on any atom is -0.497 e. The van der Waals surface area contributed by atoms with Crippen LogP contribution < -0.4 is 14.9 Å². The van der Waals surface area contributed by atoms with Gasteiger partial charge in [-0.1, -0.05) is 0 Å². The number of methoxy groups -OCH3 is 1. The van der Waals surface area contributed by atoms with Gasteiger partial charge in [0.25, 0.3) is 0 Å². The van der Waals surface area contributed by atoms with Crippen LogP contribution in [0.5, 0.6) is 5.75 Å². The summed E-state index contributed by atoms with van der Waals surface area (Å²) >= 11 is 0. The molecule has 1 aromatic rings. The van der Waals surface area contributed by atoms with Crippen molar-refractivity contribution in [3.63, 3.8) is 0 Å². The van der Waals surface area contributed by atoms with Crippen molar-refractivity contribution in [3.05, 3.63) is 18.2 Å². The van der Waals surface area contributed by atoms with E-state index in [9.17, 15) is 8.42 Å². The monoisotopic (exact) mass is 245 g/mol. The molecule has 1 aromatic carbocycles. The van der Waals surface area contributed by atoms with E-state index in [4.69, 9.17) is 14.8 Å². The maximum absolute atomic E-state index is 11.5. The Kier molecular flexibility index (Phi) is 3.92. The van der Waals surface area contributed by atoms with Crippen molar-refractivity contribution in [1.29, 1.82) is 0 Å². The maximum Gasteiger partial charge on any atom is 0.492 e. The summed E-state index contributed by atoms with van der Waals surface area (Å²) in [6.45, 7) is 0. The van der Waals surface area contributed by atoms with Gasteiger partial charge in [0.2, 0.25) is 10.0 Å². The molecule has 0 aliphatic carbocycles. The summed E-state index contributed by atoms with van der Waals surface area (Å²) < 4.78 is 29.9. The summed E-state index contributed by atoms with van der Waals surface area (Å²) in [5.74, 6) is 0.213. The van der Waals surface area contributed by atoms with E-state index in [1.54, 1.807) is 0 Å². The largest absolute Gasteiger partial charge is 0.497 e. The highest BCUT2D eigenvalue weighted by Crippen LogP contribution is 2.13. The van der Waals surface area contributed by atoms with Crippen molar-refractivity contribution in [1.82, 2.24) is 4.72 Å². The molecule has 0 heterocycles. The lowest BCUT2D eigenvalue weighted by Gasteiger charge is -2.10. The molecule has 0 bridgehead atoms. The Morgan fingerprint density at radius 1 is 1.38 bits per heavy atom. The van der Waals surface area contributed by atoms with Crippen molar-refractivity contribution < 1.29 is 23.2 Å². The van der Waals surface area contributed by atoms with Crippen LogP contribution in [-0.2, 0) is 10.0 Å². The summed E-state index contributed by atoms with van der Waals surface area (Å²) in [7, 11) is -2.77. The molecule has 0 saturated carbocycles. The fourth-order valence-electron chi connectivity index (χ4n) is 1.20. The predicted octanol–water partition coefficient (Wildman–Crippen LogP) is -1.72. The Hall–Kier alpha value is -1.09. The van der Waals surface area contributed by atoms with Crippen LogP contribution in [0.3, 0.4) is 0 Å². The van der Waals surface area contributed by atoms with Crippen LogP contribution >= 0.6 is 0 Å². The van der Waals surface area contributed by atoms with Crippen LogP contribution in [0.1, 0.15) is 0 Å². The molecule has 0 saturated heterocycles. The van der Waals surface area contributed by atoms with Gasteiger partial charge in [-0.05, 0) is 25.2 Å². The van der Waals surface area contributed by atoms with E-state index < -0.39 is 17.1 Å². The number of ether oxygens (including phenoxy) is 1. The van der Waals surface area contributed by atoms with Crippen molar-refractivity contribution in [2.45, 2.75) is 4.90 Å². The van der Waals surface area contributed by atoms with E-state index in [2.05, 4.69) is 4.72 Å². The second-order valence-electron chi connectivity index (χ2n) is 2.98. The molecule has 3 N–H and O–H groups in total. The summed E-state index contributed by atoms with van der Waals surface area (Å²) in [5, 5.41) is 18.1. The number of sulfonamides is 1. The first-order chi connectivity index (χ1) is 7.42. The van der Waals surface area contributed by atoms with Crippen LogP contribution in [0.4, 0.5) is 0 Å². The molecule has 6 nitrogen and oxygen atoms in total. The molecule has 0 aliphatic rings. The van der Waals surface area contributed by atoms with Gasteiger partial charge < -0.3 is 14.8 Å². The Morgan fingerprint density at radius 3 is 2.44 bits per heavy atom. The molecule has 0 unspecified atom stereocenters. The van der Waals surface area contributed by atoms with Gasteiger partial charge in [-0.3, -0.25) is 0 Å². The third-order valence-electron chi connectivity index (χ3n) is 2.06. The molecule has 0 aromatic heterocycles. The van der Waals surface area contributed by atoms with Gasteiger partial charge in [-0.2, -0.15) is 0 Å². The van der Waals surface area contributed by atoms with Crippen LogP contribution in [0.2, 0.25) is 0 Å². The zero-order chi connectivity index (χ0) is 12.3. The molecular weight excluding hydrogens is 233 g/mol. The number of nitrogens with one attached hydrogen (secondary N) is 1. The average Bonchev–Trinajstić information content (AvgIpc) is 2.28. The first-order valence-corrected chi connectivity index (χ1v) is 5.88. The van der Waals surface area contributed by atoms with Crippen LogP contribution in [0.15, 0.2) is 23.1 Å². The number of hydrogen-bond donors (Lipinski definition) is 3. The van der Waals surface area contributed by atoms with Gasteiger partial charge in [0, 0.05) is 5.46 Å². The average molecular weight is 245 g/mol. The second-order valence-corrected chi connectivity index (χ2v) is 4.87. The van der Waals surface area contributed by atoms with Crippen LogP contribution in [0.25, 0.3) is 0 Å². The van der Waals surface area contributed by atoms with Crippen molar-refractivity contribution >= 4 is 22.6 Å². The molecule has 0 aliphatic heterocycles. The molecule has 1 rings (SSSR count). The topological polar surface area (TPSA) is 95.9 Å². The summed E-state index contributed by atoms with van der Waals surface area (Å²) in [6, 6.07) is 3.82. The van der Waals surface area contributed by atoms with Gasteiger partial charge in [0.05, 0.1) is 12.0 Å². The van der Waals surface area contributed by atoms with E-state index in [1.165, 1.54) is 26.3 Å². The smallest absolute Gasteiger partial charge is 0.492 e. The molecule has 0 spiro atoms. The summed E-state index contributed by atoms with van der Waals surface area (Å²) in [5.41, 5.74) is -0.00109. The highest BCUT2D eigenvalue weighted by molar-refractivity contribution is 7.89. The quantitative estimate of drug-likeness (QED) is 0.548. The second kappa shape index (κ2) is 4.83. The molecular formula is C8H12BNO5S. The standard InChI is InChI=1S/C8H12BNO5S/c1-10-16(13,14)6-3-4-8(15-2)7(5-6)9(11)12/h3-5,10-12H,1-2H3. The minimum absolute atomic E-state index is 0.00109. The molecule has 16 heavy (non-hydrogen) atoms. The molecule has 8 heteroatoms. The van der Waals surface area contributed by atoms with Gasteiger partial charge in [0.1, 0.15) is 5.75 Å². The molecule has 0 fully saturated rings. The van der Waals surface area contributed by atoms with Gasteiger partial charge in [-0.15, -0.1) is 0 Å². The van der Waals surface area contributed by atoms with E-state index in [-0.39, 0.29) is 16.1 Å². The van der Waals surface area contributed by atoms with E-state index >= 15 is 0 Å². The van der Waals surface area contributed by atoms with Crippen molar-refractivity contribution in [2.75, 3.05) is 14.2 Å². The van der Waals surface area contributed by atoms with E-state index in [0.29, 0.717) is 0 Å². The molecule has 0 amide bonds. The zero-order valence-corrected chi connectivity index (χ0v) is 9.65. The minimum atomic E-state index is -3.61. The Labute approximate surface area is 94.1 Å². The molecule has 0 radical (unpaired) electrons. The summed E-state index contributed by atoms with van der Waals surface area (Å²) in [4.78, 5) is -0.0566. The number of hydrogen-bond acceptors (Lipinski definition) is 5. The zero-order valence-electron chi connectivity index (χ0n) is 8.84. The van der Waals surface area contributed by atoms with Crippen molar-refractivity contribution in [3.8, 4) is 5.75 Å². The molecule has 88 valence electrons.